The number of hydrogen-bond acceptors (Lipinski definition) is 4. The van der Waals surface area contributed by atoms with Crippen molar-refractivity contribution in [1.82, 2.24) is 5.32 Å². The molecule has 0 radical (unpaired) electrons. The van der Waals surface area contributed by atoms with Crippen molar-refractivity contribution in [2.75, 3.05) is 6.61 Å². The van der Waals surface area contributed by atoms with E-state index in [0.29, 0.717) is 6.42 Å². The minimum atomic E-state index is -1.10. The lowest BCUT2D eigenvalue weighted by Gasteiger charge is -2.21. The number of nitrogens with one attached hydrogen (secondary N) is 1. The van der Waals surface area contributed by atoms with Gasteiger partial charge >= 0.3 is 0 Å². The van der Waals surface area contributed by atoms with Gasteiger partial charge in [0.25, 0.3) is 0 Å². The Labute approximate surface area is 304 Å². The summed E-state index contributed by atoms with van der Waals surface area (Å²) in [6, 6.07) is -0.812. The summed E-state index contributed by atoms with van der Waals surface area (Å²) >= 11 is 0. The molecule has 0 aromatic rings. The highest BCUT2D eigenvalue weighted by molar-refractivity contribution is 5.80. The number of carbonyl (C=O) groups excluding carboxylic acids is 1. The highest BCUT2D eigenvalue weighted by Gasteiger charge is 2.22. The average Bonchev–Trinajstić information content (AvgIpc) is 3.11. The lowest BCUT2D eigenvalue weighted by Crippen LogP contribution is -2.48. The zero-order valence-electron chi connectivity index (χ0n) is 32.6. The maximum Gasteiger partial charge on any atom is 0.249 e. The van der Waals surface area contributed by atoms with Gasteiger partial charge in [-0.25, -0.2) is 0 Å². The number of aliphatic hydroxyl groups excluding tert-OH is 3. The third-order valence-electron chi connectivity index (χ3n) is 9.70. The predicted octanol–water partition coefficient (Wildman–Crippen LogP) is 12.0. The van der Waals surface area contributed by atoms with Crippen LogP contribution in [0.15, 0.2) is 36.5 Å². The third-order valence-corrected chi connectivity index (χ3v) is 9.70. The number of rotatable bonds is 38. The largest absolute Gasteiger partial charge is 0.394 e. The summed E-state index contributed by atoms with van der Waals surface area (Å²) in [6.45, 7) is 4.11. The first-order valence-electron chi connectivity index (χ1n) is 21.3. The molecule has 5 heteroatoms. The predicted molar refractivity (Wildman–Crippen MR) is 213 cm³/mol. The van der Waals surface area contributed by atoms with Gasteiger partial charge in [0.1, 0.15) is 6.10 Å². The standard InChI is InChI=1S/C44H83NO4/c1-3-5-7-9-11-13-14-15-16-17-18-19-20-21-22-23-24-25-26-27-28-29-31-33-35-37-39-43(48)44(49)45-41(40-46)42(47)38-36-34-32-30-12-10-8-6-4-2/h12,21-22,30,36,38,41-43,46-48H,3-11,13-20,23-29,31-35,37,39-40H2,1-2H3,(H,45,49)/b22-21-,30-12+,38-36+. The molecule has 0 fully saturated rings. The molecule has 0 bridgehead atoms. The van der Waals surface area contributed by atoms with Gasteiger partial charge in [0, 0.05) is 0 Å². The van der Waals surface area contributed by atoms with Crippen LogP contribution in [0.2, 0.25) is 0 Å². The van der Waals surface area contributed by atoms with Gasteiger partial charge in [0.2, 0.25) is 5.91 Å². The van der Waals surface area contributed by atoms with Gasteiger partial charge in [-0.3, -0.25) is 4.79 Å². The third kappa shape index (κ3) is 34.8. The van der Waals surface area contributed by atoms with Gasteiger partial charge in [-0.15, -0.1) is 0 Å². The minimum absolute atomic E-state index is 0.377. The van der Waals surface area contributed by atoms with Crippen molar-refractivity contribution in [3.8, 4) is 0 Å². The second-order valence-electron chi connectivity index (χ2n) is 14.5. The second-order valence-corrected chi connectivity index (χ2v) is 14.5. The molecular weight excluding hydrogens is 606 g/mol. The number of aliphatic hydroxyl groups is 3. The van der Waals surface area contributed by atoms with Crippen LogP contribution >= 0.6 is 0 Å². The van der Waals surface area contributed by atoms with E-state index < -0.39 is 24.2 Å². The molecule has 288 valence electrons. The normalized spacial score (nSPS) is 14.0. The Morgan fingerprint density at radius 3 is 1.29 bits per heavy atom. The van der Waals surface area contributed by atoms with Crippen molar-refractivity contribution in [3.63, 3.8) is 0 Å². The molecule has 3 unspecified atom stereocenters. The molecule has 0 aliphatic heterocycles. The molecule has 0 aliphatic rings. The molecule has 0 aromatic heterocycles. The van der Waals surface area contributed by atoms with Crippen LogP contribution in [0.25, 0.3) is 0 Å². The summed E-state index contributed by atoms with van der Waals surface area (Å²) in [5, 5.41) is 32.9. The van der Waals surface area contributed by atoms with Gasteiger partial charge in [-0.2, -0.15) is 0 Å². The van der Waals surface area contributed by atoms with Gasteiger partial charge in [0.05, 0.1) is 18.8 Å². The summed E-state index contributed by atoms with van der Waals surface area (Å²) < 4.78 is 0. The fraction of sp³-hybridized carbons (Fsp3) is 0.841. The Morgan fingerprint density at radius 1 is 0.490 bits per heavy atom. The quantitative estimate of drug-likeness (QED) is 0.0384. The summed E-state index contributed by atoms with van der Waals surface area (Å²) in [5.41, 5.74) is 0. The fourth-order valence-corrected chi connectivity index (χ4v) is 6.31. The molecule has 1 amide bonds. The van der Waals surface area contributed by atoms with Crippen LogP contribution in [0.5, 0.6) is 0 Å². The smallest absolute Gasteiger partial charge is 0.249 e. The lowest BCUT2D eigenvalue weighted by atomic mass is 10.0. The van der Waals surface area contributed by atoms with E-state index in [-0.39, 0.29) is 6.61 Å². The molecule has 0 saturated carbocycles. The highest BCUT2D eigenvalue weighted by Crippen LogP contribution is 2.15. The first kappa shape index (κ1) is 47.6. The van der Waals surface area contributed by atoms with Crippen molar-refractivity contribution >= 4 is 5.91 Å². The number of allylic oxidation sites excluding steroid dienone is 5. The van der Waals surface area contributed by atoms with E-state index in [9.17, 15) is 20.1 Å². The molecule has 0 rings (SSSR count). The molecule has 0 aliphatic carbocycles. The van der Waals surface area contributed by atoms with Crippen molar-refractivity contribution in [2.24, 2.45) is 0 Å². The van der Waals surface area contributed by atoms with Crippen LogP contribution in [0.1, 0.15) is 213 Å². The van der Waals surface area contributed by atoms with Gasteiger partial charge in [-0.1, -0.05) is 192 Å². The Hall–Kier alpha value is -1.43. The van der Waals surface area contributed by atoms with Crippen LogP contribution in [0.4, 0.5) is 0 Å². The van der Waals surface area contributed by atoms with Crippen LogP contribution in [0, 0.1) is 0 Å². The minimum Gasteiger partial charge on any atom is -0.394 e. The summed E-state index contributed by atoms with van der Waals surface area (Å²) in [6.07, 6.45) is 49.1. The molecule has 0 heterocycles. The summed E-state index contributed by atoms with van der Waals surface area (Å²) in [5.74, 6) is -0.517. The first-order valence-corrected chi connectivity index (χ1v) is 21.3. The van der Waals surface area contributed by atoms with E-state index in [4.69, 9.17) is 0 Å². The molecule has 4 N–H and O–H groups in total. The van der Waals surface area contributed by atoms with Crippen LogP contribution in [-0.2, 0) is 4.79 Å². The molecule has 0 spiro atoms. The van der Waals surface area contributed by atoms with E-state index >= 15 is 0 Å². The van der Waals surface area contributed by atoms with Crippen LogP contribution in [-0.4, -0.2) is 46.1 Å². The Balaban J connectivity index is 3.58. The number of unbranched alkanes of at least 4 members (excludes halogenated alkanes) is 26. The Bertz CT molecular complexity index is 764. The van der Waals surface area contributed by atoms with Gasteiger partial charge in [-0.05, 0) is 57.8 Å². The molecule has 0 saturated heterocycles. The SMILES string of the molecule is CCCCC/C=C/CC/C=C/C(O)C(CO)NC(=O)C(O)CCCCCCCCCCCC/C=C\CCCCCCCCCCCCCC. The van der Waals surface area contributed by atoms with Gasteiger partial charge < -0.3 is 20.6 Å². The zero-order valence-corrected chi connectivity index (χ0v) is 32.6. The maximum atomic E-state index is 12.4. The molecule has 0 aromatic carbocycles. The van der Waals surface area contributed by atoms with Crippen molar-refractivity contribution in [2.45, 2.75) is 231 Å². The van der Waals surface area contributed by atoms with Crippen molar-refractivity contribution in [1.29, 1.82) is 0 Å². The first-order chi connectivity index (χ1) is 24.1. The van der Waals surface area contributed by atoms with Crippen LogP contribution in [0.3, 0.4) is 0 Å². The zero-order chi connectivity index (χ0) is 35.9. The van der Waals surface area contributed by atoms with E-state index in [1.165, 1.54) is 154 Å². The highest BCUT2D eigenvalue weighted by atomic mass is 16.3. The molecule has 3 atom stereocenters. The summed E-state index contributed by atoms with van der Waals surface area (Å²) in [7, 11) is 0. The number of hydrogen-bond donors (Lipinski definition) is 4. The Kier molecular flexibility index (Phi) is 38.2. The van der Waals surface area contributed by atoms with Gasteiger partial charge in [0.15, 0.2) is 0 Å². The second kappa shape index (κ2) is 39.4. The topological polar surface area (TPSA) is 89.8 Å². The molecule has 5 nitrogen and oxygen atoms in total. The van der Waals surface area contributed by atoms with E-state index in [2.05, 4.69) is 43.5 Å². The molecule has 49 heavy (non-hydrogen) atoms. The summed E-state index contributed by atoms with van der Waals surface area (Å²) in [4.78, 5) is 12.4. The number of amides is 1. The van der Waals surface area contributed by atoms with E-state index in [1.54, 1.807) is 6.08 Å². The Morgan fingerprint density at radius 2 is 0.837 bits per heavy atom. The molecular formula is C44H83NO4. The monoisotopic (exact) mass is 690 g/mol. The van der Waals surface area contributed by atoms with E-state index in [1.807, 2.05) is 6.08 Å². The number of carbonyl (C=O) groups is 1. The average molecular weight is 690 g/mol. The fourth-order valence-electron chi connectivity index (χ4n) is 6.31. The van der Waals surface area contributed by atoms with E-state index in [0.717, 1.165) is 38.5 Å². The van der Waals surface area contributed by atoms with Crippen LogP contribution < -0.4 is 5.32 Å². The lowest BCUT2D eigenvalue weighted by molar-refractivity contribution is -0.131. The van der Waals surface area contributed by atoms with Crippen molar-refractivity contribution in [3.05, 3.63) is 36.5 Å². The maximum absolute atomic E-state index is 12.4. The van der Waals surface area contributed by atoms with Crippen molar-refractivity contribution < 1.29 is 20.1 Å².